The summed E-state index contributed by atoms with van der Waals surface area (Å²) in [6.45, 7) is 0. The highest BCUT2D eigenvalue weighted by Crippen LogP contribution is 2.47. The van der Waals surface area contributed by atoms with Gasteiger partial charge in [0, 0.05) is 4.90 Å². The van der Waals surface area contributed by atoms with E-state index in [1.807, 2.05) is 36.8 Å². The van der Waals surface area contributed by atoms with Gasteiger partial charge in [0.05, 0.1) is 0 Å². The zero-order valence-electron chi connectivity index (χ0n) is 8.40. The number of benzene rings is 2. The van der Waals surface area contributed by atoms with Gasteiger partial charge in [-0.15, -0.1) is 10.3 Å². The van der Waals surface area contributed by atoms with Crippen LogP contribution >= 0.6 is 10.3 Å². The van der Waals surface area contributed by atoms with Crippen molar-refractivity contribution < 1.29 is 4.55 Å². The van der Waals surface area contributed by atoms with Crippen LogP contribution in [0, 0.1) is 0 Å². The molecule has 0 radical (unpaired) electrons. The van der Waals surface area contributed by atoms with Crippen molar-refractivity contribution >= 4 is 21.1 Å². The molecule has 0 heterocycles. The first-order valence-corrected chi connectivity index (χ1v) is 6.93. The van der Waals surface area contributed by atoms with Gasteiger partial charge in [0.1, 0.15) is 0 Å². The Kier molecular flexibility index (Phi) is 2.25. The van der Waals surface area contributed by atoms with Gasteiger partial charge in [-0.3, -0.25) is 0 Å². The molecule has 0 spiro atoms. The van der Waals surface area contributed by atoms with Crippen molar-refractivity contribution in [2.24, 2.45) is 0 Å². The largest absolute Gasteiger partial charge is 0.348 e. The minimum Gasteiger partial charge on any atom is -0.348 e. The van der Waals surface area contributed by atoms with Gasteiger partial charge in [-0.05, 0) is 29.4 Å². The van der Waals surface area contributed by atoms with E-state index in [9.17, 15) is 4.55 Å². The van der Waals surface area contributed by atoms with Crippen LogP contribution in [-0.2, 0) is 0 Å². The Hall–Kier alpha value is -0.990. The number of hydrogen-bond donors (Lipinski definition) is 1. The van der Waals surface area contributed by atoms with E-state index in [2.05, 4.69) is 18.2 Å². The molecule has 2 heteroatoms. The summed E-state index contributed by atoms with van der Waals surface area (Å²) < 4.78 is 10.1. The third kappa shape index (κ3) is 1.63. The van der Waals surface area contributed by atoms with Gasteiger partial charge in [-0.2, -0.15) is 0 Å². The van der Waals surface area contributed by atoms with E-state index in [-0.39, 0.29) is 0 Å². The Morgan fingerprint density at radius 2 is 1.57 bits per heavy atom. The molecular formula is C12H14OS. The lowest BCUT2D eigenvalue weighted by atomic mass is 10.1. The molecule has 0 aromatic heterocycles. The molecule has 0 aliphatic rings. The normalized spacial score (nSPS) is 13.1. The Morgan fingerprint density at radius 1 is 0.929 bits per heavy atom. The third-order valence-corrected chi connectivity index (χ3v) is 3.72. The second-order valence-corrected chi connectivity index (χ2v) is 6.74. The molecule has 0 atom stereocenters. The van der Waals surface area contributed by atoms with E-state index in [0.717, 1.165) is 10.3 Å². The molecule has 1 N–H and O–H groups in total. The Bertz CT molecular complexity index is 452. The maximum atomic E-state index is 10.1. The van der Waals surface area contributed by atoms with Crippen LogP contribution in [0.1, 0.15) is 0 Å². The summed E-state index contributed by atoms with van der Waals surface area (Å²) in [7, 11) is -1.63. The van der Waals surface area contributed by atoms with E-state index in [1.54, 1.807) is 0 Å². The van der Waals surface area contributed by atoms with E-state index in [1.165, 1.54) is 5.39 Å². The number of fused-ring (bicyclic) bond motifs is 1. The van der Waals surface area contributed by atoms with Gasteiger partial charge >= 0.3 is 0 Å². The molecule has 0 amide bonds. The van der Waals surface area contributed by atoms with Gasteiger partial charge in [-0.1, -0.05) is 36.4 Å². The van der Waals surface area contributed by atoms with E-state index >= 15 is 0 Å². The third-order valence-electron chi connectivity index (χ3n) is 2.29. The first-order chi connectivity index (χ1) is 6.59. The molecule has 0 saturated heterocycles. The standard InChI is InChI=1S/C12H14OS/c1-14(2,13)12-9-5-7-10-6-3-4-8-11(10)12/h3-9,13H,1-2H3. The number of hydrogen-bond acceptors (Lipinski definition) is 1. The van der Waals surface area contributed by atoms with Crippen LogP contribution < -0.4 is 0 Å². The topological polar surface area (TPSA) is 20.2 Å². The summed E-state index contributed by atoms with van der Waals surface area (Å²) in [6, 6.07) is 14.3. The lowest BCUT2D eigenvalue weighted by Crippen LogP contribution is -1.94. The monoisotopic (exact) mass is 206 g/mol. The Morgan fingerprint density at radius 3 is 2.29 bits per heavy atom. The van der Waals surface area contributed by atoms with E-state index in [0.29, 0.717) is 0 Å². The minimum atomic E-state index is -1.63. The summed E-state index contributed by atoms with van der Waals surface area (Å²) in [6.07, 6.45) is 3.80. The lowest BCUT2D eigenvalue weighted by Gasteiger charge is -2.25. The molecular weight excluding hydrogens is 192 g/mol. The maximum Gasteiger partial charge on any atom is 0.0198 e. The Balaban J connectivity index is 2.78. The van der Waals surface area contributed by atoms with Gasteiger partial charge in [0.25, 0.3) is 0 Å². The highest BCUT2D eigenvalue weighted by atomic mass is 32.3. The van der Waals surface area contributed by atoms with Crippen molar-refractivity contribution in [1.82, 2.24) is 0 Å². The van der Waals surface area contributed by atoms with Crippen molar-refractivity contribution in [2.75, 3.05) is 12.5 Å². The average molecular weight is 206 g/mol. The first-order valence-electron chi connectivity index (χ1n) is 4.52. The summed E-state index contributed by atoms with van der Waals surface area (Å²) in [5.41, 5.74) is 0. The highest BCUT2D eigenvalue weighted by Gasteiger charge is 2.12. The fourth-order valence-corrected chi connectivity index (χ4v) is 2.77. The van der Waals surface area contributed by atoms with Crippen LogP contribution in [0.5, 0.6) is 0 Å². The van der Waals surface area contributed by atoms with Crippen LogP contribution in [0.4, 0.5) is 0 Å². The van der Waals surface area contributed by atoms with Gasteiger partial charge in [0.2, 0.25) is 0 Å². The van der Waals surface area contributed by atoms with Crippen molar-refractivity contribution in [3.63, 3.8) is 0 Å². The van der Waals surface area contributed by atoms with Gasteiger partial charge in [-0.25, -0.2) is 0 Å². The summed E-state index contributed by atoms with van der Waals surface area (Å²) in [4.78, 5) is 1.07. The van der Waals surface area contributed by atoms with Crippen LogP contribution in [0.25, 0.3) is 10.8 Å². The fraction of sp³-hybridized carbons (Fsp3) is 0.167. The first kappa shape index (κ1) is 9.56. The molecule has 0 aliphatic carbocycles. The predicted octanol–water partition coefficient (Wildman–Crippen LogP) is 3.74. The Labute approximate surface area is 85.9 Å². The second kappa shape index (κ2) is 3.30. The van der Waals surface area contributed by atoms with Crippen LogP contribution in [-0.4, -0.2) is 17.1 Å². The second-order valence-electron chi connectivity index (χ2n) is 3.75. The van der Waals surface area contributed by atoms with E-state index in [4.69, 9.17) is 0 Å². The molecule has 74 valence electrons. The van der Waals surface area contributed by atoms with Crippen LogP contribution in [0.15, 0.2) is 47.4 Å². The van der Waals surface area contributed by atoms with Gasteiger partial charge in [0.15, 0.2) is 0 Å². The molecule has 2 rings (SSSR count). The van der Waals surface area contributed by atoms with Crippen molar-refractivity contribution in [2.45, 2.75) is 4.90 Å². The van der Waals surface area contributed by atoms with Gasteiger partial charge < -0.3 is 4.55 Å². The van der Waals surface area contributed by atoms with Crippen molar-refractivity contribution in [3.8, 4) is 0 Å². The van der Waals surface area contributed by atoms with Crippen LogP contribution in [0.3, 0.4) is 0 Å². The minimum absolute atomic E-state index is 1.07. The molecule has 1 nitrogen and oxygen atoms in total. The summed E-state index contributed by atoms with van der Waals surface area (Å²) in [5, 5.41) is 2.36. The maximum absolute atomic E-state index is 10.1. The SMILES string of the molecule is CS(C)(O)c1cccc2ccccc12. The van der Waals surface area contributed by atoms with Crippen LogP contribution in [0.2, 0.25) is 0 Å². The lowest BCUT2D eigenvalue weighted by molar-refractivity contribution is 0.638. The quantitative estimate of drug-likeness (QED) is 0.753. The molecule has 0 fully saturated rings. The highest BCUT2D eigenvalue weighted by molar-refractivity contribution is 8.28. The molecule has 0 unspecified atom stereocenters. The fourth-order valence-electron chi connectivity index (χ4n) is 1.63. The zero-order valence-corrected chi connectivity index (χ0v) is 9.21. The van der Waals surface area contributed by atoms with Crippen molar-refractivity contribution in [1.29, 1.82) is 0 Å². The molecule has 2 aromatic carbocycles. The summed E-state index contributed by atoms with van der Waals surface area (Å²) >= 11 is 0. The smallest absolute Gasteiger partial charge is 0.0198 e. The molecule has 0 saturated carbocycles. The predicted molar refractivity (Wildman–Crippen MR) is 64.3 cm³/mol. The number of rotatable bonds is 1. The molecule has 14 heavy (non-hydrogen) atoms. The zero-order chi connectivity index (χ0) is 10.2. The average Bonchev–Trinajstić information content (AvgIpc) is 2.15. The molecule has 2 aromatic rings. The van der Waals surface area contributed by atoms with E-state index < -0.39 is 10.3 Å². The van der Waals surface area contributed by atoms with Crippen molar-refractivity contribution in [3.05, 3.63) is 42.5 Å². The molecule has 0 aliphatic heterocycles. The summed E-state index contributed by atoms with van der Waals surface area (Å²) in [5.74, 6) is 0. The molecule has 0 bridgehead atoms.